The normalized spacial score (nSPS) is 21.8. The van der Waals surface area contributed by atoms with Crippen molar-refractivity contribution in [2.45, 2.75) is 43.0 Å². The Hall–Kier alpha value is -0.820. The number of nitrogens with zero attached hydrogens (tertiary/aromatic N) is 2. The van der Waals surface area contributed by atoms with Crippen LogP contribution in [0, 0.1) is 0 Å². The van der Waals surface area contributed by atoms with Gasteiger partial charge in [0.05, 0.1) is 17.0 Å². The Balaban J connectivity index is 1.67. The summed E-state index contributed by atoms with van der Waals surface area (Å²) < 4.78 is 32.4. The molecule has 0 aromatic heterocycles. The fourth-order valence-electron chi connectivity index (χ4n) is 3.69. The van der Waals surface area contributed by atoms with E-state index in [2.05, 4.69) is 4.90 Å². The molecule has 134 valence electrons. The predicted molar refractivity (Wildman–Crippen MR) is 95.2 cm³/mol. The van der Waals surface area contributed by atoms with Gasteiger partial charge in [-0.2, -0.15) is 4.31 Å². The third-order valence-electron chi connectivity index (χ3n) is 5.09. The van der Waals surface area contributed by atoms with Crippen LogP contribution in [0.2, 0.25) is 5.02 Å². The number of hydrogen-bond acceptors (Lipinski definition) is 4. The lowest BCUT2D eigenvalue weighted by atomic mass is 10.0. The highest BCUT2D eigenvalue weighted by molar-refractivity contribution is 7.89. The van der Waals surface area contributed by atoms with E-state index < -0.39 is 10.0 Å². The van der Waals surface area contributed by atoms with Crippen molar-refractivity contribution in [3.05, 3.63) is 23.2 Å². The predicted octanol–water partition coefficient (Wildman–Crippen LogP) is 2.99. The van der Waals surface area contributed by atoms with Gasteiger partial charge in [0, 0.05) is 19.1 Å². The van der Waals surface area contributed by atoms with Gasteiger partial charge in [-0.25, -0.2) is 8.42 Å². The van der Waals surface area contributed by atoms with E-state index in [0.717, 1.165) is 25.9 Å². The maximum atomic E-state index is 12.8. The molecule has 0 saturated carbocycles. The Morgan fingerprint density at radius 3 is 2.33 bits per heavy atom. The van der Waals surface area contributed by atoms with Crippen LogP contribution in [0.4, 0.5) is 0 Å². The van der Waals surface area contributed by atoms with Gasteiger partial charge in [-0.1, -0.05) is 18.0 Å². The zero-order valence-corrected chi connectivity index (χ0v) is 15.7. The van der Waals surface area contributed by atoms with Crippen molar-refractivity contribution in [2.75, 3.05) is 33.3 Å². The molecule has 0 bridgehead atoms. The molecule has 0 spiro atoms. The van der Waals surface area contributed by atoms with E-state index in [0.29, 0.717) is 29.9 Å². The molecule has 2 saturated heterocycles. The molecule has 0 radical (unpaired) electrons. The third-order valence-corrected chi connectivity index (χ3v) is 7.28. The van der Waals surface area contributed by atoms with Crippen molar-refractivity contribution in [3.63, 3.8) is 0 Å². The zero-order chi connectivity index (χ0) is 17.2. The van der Waals surface area contributed by atoms with Crippen LogP contribution in [0.3, 0.4) is 0 Å². The summed E-state index contributed by atoms with van der Waals surface area (Å²) in [5.41, 5.74) is 0. The fourth-order valence-corrected chi connectivity index (χ4v) is 5.51. The number of piperidine rings is 2. The number of benzene rings is 1. The molecule has 3 rings (SSSR count). The van der Waals surface area contributed by atoms with Crippen molar-refractivity contribution in [3.8, 4) is 5.75 Å². The van der Waals surface area contributed by atoms with Gasteiger partial charge in [0.2, 0.25) is 10.0 Å². The van der Waals surface area contributed by atoms with Crippen LogP contribution in [0.1, 0.15) is 32.1 Å². The summed E-state index contributed by atoms with van der Waals surface area (Å²) in [4.78, 5) is 2.78. The number of halogens is 1. The number of sulfonamides is 1. The van der Waals surface area contributed by atoms with Crippen LogP contribution in [0.25, 0.3) is 0 Å². The highest BCUT2D eigenvalue weighted by atomic mass is 35.5. The van der Waals surface area contributed by atoms with E-state index in [1.54, 1.807) is 16.4 Å². The van der Waals surface area contributed by atoms with Crippen LogP contribution in [0.5, 0.6) is 5.75 Å². The first-order valence-electron chi connectivity index (χ1n) is 8.60. The van der Waals surface area contributed by atoms with Crippen LogP contribution >= 0.6 is 11.6 Å². The molecule has 0 amide bonds. The smallest absolute Gasteiger partial charge is 0.243 e. The van der Waals surface area contributed by atoms with Crippen molar-refractivity contribution < 1.29 is 13.2 Å². The minimum Gasteiger partial charge on any atom is -0.495 e. The Morgan fingerprint density at radius 1 is 1.08 bits per heavy atom. The Morgan fingerprint density at radius 2 is 1.75 bits per heavy atom. The number of hydrogen-bond donors (Lipinski definition) is 0. The summed E-state index contributed by atoms with van der Waals surface area (Å²) in [6, 6.07) is 5.18. The first kappa shape index (κ1) is 18.0. The molecule has 2 aliphatic rings. The second-order valence-corrected chi connectivity index (χ2v) is 8.87. The maximum Gasteiger partial charge on any atom is 0.243 e. The topological polar surface area (TPSA) is 49.9 Å². The maximum absolute atomic E-state index is 12.8. The van der Waals surface area contributed by atoms with Gasteiger partial charge in [-0.3, -0.25) is 0 Å². The molecular weight excluding hydrogens is 348 g/mol. The van der Waals surface area contributed by atoms with Gasteiger partial charge < -0.3 is 9.64 Å². The Labute approximate surface area is 149 Å². The summed E-state index contributed by atoms with van der Waals surface area (Å²) in [6.45, 7) is 3.47. The number of methoxy groups -OCH3 is 1. The molecule has 0 unspecified atom stereocenters. The first-order chi connectivity index (χ1) is 11.5. The Kier molecular flexibility index (Phi) is 5.70. The fraction of sp³-hybridized carbons (Fsp3) is 0.647. The van der Waals surface area contributed by atoms with Crippen LogP contribution in [0.15, 0.2) is 23.1 Å². The van der Waals surface area contributed by atoms with Crippen LogP contribution < -0.4 is 4.74 Å². The molecule has 0 atom stereocenters. The van der Waals surface area contributed by atoms with E-state index in [9.17, 15) is 8.42 Å². The standard InChI is InChI=1S/C17H25ClN2O3S/c1-23-17-6-5-15(13-16(17)18)24(21,22)20-11-7-14(8-12-20)19-9-3-2-4-10-19/h5-6,13-14H,2-4,7-12H2,1H3. The molecule has 1 aromatic carbocycles. The quantitative estimate of drug-likeness (QED) is 0.815. The molecule has 2 heterocycles. The molecular formula is C17H25ClN2O3S. The van der Waals surface area contributed by atoms with Crippen molar-refractivity contribution in [1.29, 1.82) is 0 Å². The number of likely N-dealkylation sites (tertiary alicyclic amines) is 1. The van der Waals surface area contributed by atoms with E-state index in [4.69, 9.17) is 16.3 Å². The molecule has 0 N–H and O–H groups in total. The molecule has 1 aromatic rings. The van der Waals surface area contributed by atoms with E-state index in [1.165, 1.54) is 32.4 Å². The van der Waals surface area contributed by atoms with Gasteiger partial charge in [-0.15, -0.1) is 0 Å². The van der Waals surface area contributed by atoms with Crippen molar-refractivity contribution in [2.24, 2.45) is 0 Å². The highest BCUT2D eigenvalue weighted by Crippen LogP contribution is 2.30. The minimum atomic E-state index is -3.49. The van der Waals surface area contributed by atoms with Gasteiger partial charge >= 0.3 is 0 Å². The SMILES string of the molecule is COc1ccc(S(=O)(=O)N2CCC(N3CCCCC3)CC2)cc1Cl. The zero-order valence-electron chi connectivity index (χ0n) is 14.1. The minimum absolute atomic E-state index is 0.240. The van der Waals surface area contributed by atoms with E-state index >= 15 is 0 Å². The first-order valence-corrected chi connectivity index (χ1v) is 10.4. The molecule has 24 heavy (non-hydrogen) atoms. The second kappa shape index (κ2) is 7.60. The molecule has 2 aliphatic heterocycles. The lowest BCUT2D eigenvalue weighted by Crippen LogP contribution is -2.48. The lowest BCUT2D eigenvalue weighted by molar-refractivity contribution is 0.118. The summed E-state index contributed by atoms with van der Waals surface area (Å²) >= 11 is 6.08. The van der Waals surface area contributed by atoms with Gasteiger partial charge in [-0.05, 0) is 57.0 Å². The van der Waals surface area contributed by atoms with Gasteiger partial charge in [0.1, 0.15) is 5.75 Å². The lowest BCUT2D eigenvalue weighted by Gasteiger charge is -2.39. The van der Waals surface area contributed by atoms with Crippen LogP contribution in [-0.2, 0) is 10.0 Å². The average Bonchev–Trinajstić information content (AvgIpc) is 2.62. The summed E-state index contributed by atoms with van der Waals surface area (Å²) in [5, 5.41) is 0.321. The number of ether oxygens (including phenoxy) is 1. The van der Waals surface area contributed by atoms with E-state index in [1.807, 2.05) is 0 Å². The molecule has 2 fully saturated rings. The van der Waals surface area contributed by atoms with Crippen LogP contribution in [-0.4, -0.2) is 57.0 Å². The Bertz CT molecular complexity index is 666. The average molecular weight is 373 g/mol. The highest BCUT2D eigenvalue weighted by Gasteiger charge is 2.32. The molecule has 5 nitrogen and oxygen atoms in total. The van der Waals surface area contributed by atoms with Crippen molar-refractivity contribution in [1.82, 2.24) is 9.21 Å². The monoisotopic (exact) mass is 372 g/mol. The van der Waals surface area contributed by atoms with E-state index in [-0.39, 0.29) is 4.90 Å². The largest absolute Gasteiger partial charge is 0.495 e. The summed E-state index contributed by atoms with van der Waals surface area (Å²) in [5.74, 6) is 0.486. The molecule has 0 aliphatic carbocycles. The summed E-state index contributed by atoms with van der Waals surface area (Å²) in [7, 11) is -1.97. The molecule has 7 heteroatoms. The second-order valence-electron chi connectivity index (χ2n) is 6.53. The summed E-state index contributed by atoms with van der Waals surface area (Å²) in [6.07, 6.45) is 5.67. The van der Waals surface area contributed by atoms with Crippen molar-refractivity contribution >= 4 is 21.6 Å². The van der Waals surface area contributed by atoms with Gasteiger partial charge in [0.15, 0.2) is 0 Å². The van der Waals surface area contributed by atoms with Gasteiger partial charge in [0.25, 0.3) is 0 Å². The number of rotatable bonds is 4. The third kappa shape index (κ3) is 3.72.